The molecule has 0 fully saturated rings. The third kappa shape index (κ3) is 1.73. The van der Waals surface area contributed by atoms with Crippen LogP contribution in [0.25, 0.3) is 4.85 Å². The first-order chi connectivity index (χ1) is 3.18. The average molecular weight is 99.1 g/mol. The van der Waals surface area contributed by atoms with Crippen LogP contribution in [0.1, 0.15) is 0 Å². The number of primary amides is 1. The number of amides is 1. The van der Waals surface area contributed by atoms with Crippen LogP contribution in [0.2, 0.25) is 0 Å². The van der Waals surface area contributed by atoms with Gasteiger partial charge in [-0.1, -0.05) is 0 Å². The number of hydrogen-bond donors (Lipinski definition) is 2. The molecule has 0 aromatic carbocycles. The fourth-order valence-electron chi connectivity index (χ4n) is 0.0636. The van der Waals surface area contributed by atoms with Gasteiger partial charge in [0.2, 0.25) is 0 Å². The van der Waals surface area contributed by atoms with Crippen molar-refractivity contribution < 1.29 is 4.79 Å². The van der Waals surface area contributed by atoms with Gasteiger partial charge in [0.25, 0.3) is 0 Å². The third-order valence-electron chi connectivity index (χ3n) is 0.431. The largest absolute Gasteiger partial charge is 0.362 e. The number of carbonyl (C=O) groups is 1. The van der Waals surface area contributed by atoms with E-state index in [1.807, 2.05) is 0 Å². The van der Waals surface area contributed by atoms with E-state index in [9.17, 15) is 4.79 Å². The summed E-state index contributed by atoms with van der Waals surface area (Å²) in [7, 11) is 0. The highest BCUT2D eigenvalue weighted by atomic mass is 16.1. The Morgan fingerprint density at radius 2 is 2.29 bits per heavy atom. The minimum Gasteiger partial charge on any atom is -0.362 e. The van der Waals surface area contributed by atoms with E-state index in [0.29, 0.717) is 0 Å². The molecule has 0 aromatic rings. The van der Waals surface area contributed by atoms with Gasteiger partial charge in [-0.05, 0) is 0 Å². The lowest BCUT2D eigenvalue weighted by Crippen LogP contribution is -2.32. The monoisotopic (exact) mass is 99.0 g/mol. The standard InChI is InChI=1S/C3H5N3O/c1-6-2(4)3(5)7/h2H,4H2,(H2,5,7). The predicted octanol–water partition coefficient (Wildman–Crippen LogP) is -1.32. The van der Waals surface area contributed by atoms with Gasteiger partial charge >= 0.3 is 12.1 Å². The third-order valence-corrected chi connectivity index (χ3v) is 0.431. The van der Waals surface area contributed by atoms with Crippen LogP contribution in [0.5, 0.6) is 0 Å². The lowest BCUT2D eigenvalue weighted by atomic mass is 10.5. The van der Waals surface area contributed by atoms with Gasteiger partial charge in [0, 0.05) is 0 Å². The molecule has 0 spiro atoms. The molecule has 0 aromatic heterocycles. The van der Waals surface area contributed by atoms with Crippen molar-refractivity contribution in [2.45, 2.75) is 6.17 Å². The molecular formula is C3H5N3O. The first-order valence-corrected chi connectivity index (χ1v) is 1.60. The molecular weight excluding hydrogens is 94.1 g/mol. The summed E-state index contributed by atoms with van der Waals surface area (Å²) in [5.41, 5.74) is 9.36. The molecule has 1 unspecified atom stereocenters. The molecule has 1 atom stereocenters. The number of nitrogens with two attached hydrogens (primary N) is 2. The molecule has 0 aliphatic rings. The molecule has 4 heteroatoms. The molecule has 1 amide bonds. The number of nitrogens with zero attached hydrogens (tertiary/aromatic N) is 1. The van der Waals surface area contributed by atoms with E-state index in [1.165, 1.54) is 0 Å². The van der Waals surface area contributed by atoms with E-state index >= 15 is 0 Å². The highest BCUT2D eigenvalue weighted by Gasteiger charge is 2.09. The molecule has 0 saturated carbocycles. The van der Waals surface area contributed by atoms with Crippen molar-refractivity contribution in [1.82, 2.24) is 0 Å². The Morgan fingerprint density at radius 1 is 1.86 bits per heavy atom. The highest BCUT2D eigenvalue weighted by molar-refractivity contribution is 5.80. The lowest BCUT2D eigenvalue weighted by molar-refractivity contribution is -0.118. The number of hydrogen-bond acceptors (Lipinski definition) is 2. The summed E-state index contributed by atoms with van der Waals surface area (Å²) >= 11 is 0. The summed E-state index contributed by atoms with van der Waals surface area (Å²) in [5.74, 6) is -0.782. The van der Waals surface area contributed by atoms with Gasteiger partial charge in [-0.15, -0.1) is 0 Å². The zero-order valence-electron chi connectivity index (χ0n) is 3.59. The Hall–Kier alpha value is -1.08. The molecule has 0 bridgehead atoms. The maximum Gasteiger partial charge on any atom is 0.352 e. The maximum atomic E-state index is 9.81. The Bertz CT molecular complexity index is 114. The predicted molar refractivity (Wildman–Crippen MR) is 23.8 cm³/mol. The second kappa shape index (κ2) is 2.16. The zero-order valence-corrected chi connectivity index (χ0v) is 3.59. The van der Waals surface area contributed by atoms with Gasteiger partial charge in [-0.3, -0.25) is 15.4 Å². The molecule has 4 N–H and O–H groups in total. The first-order valence-electron chi connectivity index (χ1n) is 1.60. The van der Waals surface area contributed by atoms with Crippen LogP contribution in [-0.4, -0.2) is 12.1 Å². The minimum absolute atomic E-state index is 0.782. The number of rotatable bonds is 1. The smallest absolute Gasteiger partial charge is 0.352 e. The fourth-order valence-corrected chi connectivity index (χ4v) is 0.0636. The van der Waals surface area contributed by atoms with Crippen molar-refractivity contribution in [2.24, 2.45) is 11.5 Å². The van der Waals surface area contributed by atoms with Gasteiger partial charge in [0.15, 0.2) is 0 Å². The van der Waals surface area contributed by atoms with E-state index in [-0.39, 0.29) is 0 Å². The van der Waals surface area contributed by atoms with Crippen LogP contribution < -0.4 is 11.5 Å². The van der Waals surface area contributed by atoms with Gasteiger partial charge < -0.3 is 5.73 Å². The summed E-state index contributed by atoms with van der Waals surface area (Å²) in [4.78, 5) is 12.5. The Morgan fingerprint density at radius 3 is 2.29 bits per heavy atom. The SMILES string of the molecule is [C-]#[N+]C(N)C(N)=O. The molecule has 0 aliphatic carbocycles. The maximum absolute atomic E-state index is 9.81. The van der Waals surface area contributed by atoms with Gasteiger partial charge in [0.05, 0.1) is 0 Å². The summed E-state index contributed by atoms with van der Waals surface area (Å²) in [6.07, 6.45) is -1.17. The second-order valence-electron chi connectivity index (χ2n) is 0.976. The van der Waals surface area contributed by atoms with E-state index in [0.717, 1.165) is 0 Å². The summed E-state index contributed by atoms with van der Waals surface area (Å²) < 4.78 is 0. The zero-order chi connectivity index (χ0) is 5.86. The van der Waals surface area contributed by atoms with E-state index < -0.39 is 12.1 Å². The van der Waals surface area contributed by atoms with Crippen LogP contribution in [0.15, 0.2) is 0 Å². The normalized spacial score (nSPS) is 12.0. The second-order valence-corrected chi connectivity index (χ2v) is 0.976. The molecule has 4 nitrogen and oxygen atoms in total. The van der Waals surface area contributed by atoms with Crippen molar-refractivity contribution >= 4 is 5.91 Å². The Labute approximate surface area is 40.9 Å². The molecule has 0 saturated heterocycles. The van der Waals surface area contributed by atoms with Gasteiger partial charge in [-0.25, -0.2) is 6.57 Å². The average Bonchev–Trinajstić information content (AvgIpc) is 1.65. The van der Waals surface area contributed by atoms with Crippen molar-refractivity contribution in [3.8, 4) is 0 Å². The van der Waals surface area contributed by atoms with Crippen molar-refractivity contribution in [2.75, 3.05) is 0 Å². The van der Waals surface area contributed by atoms with Crippen LogP contribution in [0, 0.1) is 6.57 Å². The first kappa shape index (κ1) is 5.92. The van der Waals surface area contributed by atoms with Crippen LogP contribution >= 0.6 is 0 Å². The number of carbonyl (C=O) groups excluding carboxylic acids is 1. The fraction of sp³-hybridized carbons (Fsp3) is 0.333. The quantitative estimate of drug-likeness (QED) is 0.400. The van der Waals surface area contributed by atoms with Crippen LogP contribution in [0.4, 0.5) is 0 Å². The van der Waals surface area contributed by atoms with E-state index in [1.54, 1.807) is 0 Å². The molecule has 0 aliphatic heterocycles. The lowest BCUT2D eigenvalue weighted by Gasteiger charge is -1.85. The van der Waals surface area contributed by atoms with Crippen LogP contribution in [-0.2, 0) is 4.79 Å². The summed E-state index contributed by atoms with van der Waals surface area (Å²) in [6.45, 7) is 6.14. The minimum atomic E-state index is -1.17. The molecule has 0 rings (SSSR count). The summed E-state index contributed by atoms with van der Waals surface area (Å²) in [6, 6.07) is 0. The summed E-state index contributed by atoms with van der Waals surface area (Å²) in [5, 5.41) is 0. The molecule has 0 heterocycles. The molecule has 38 valence electrons. The molecule has 7 heavy (non-hydrogen) atoms. The Kier molecular flexibility index (Phi) is 1.82. The van der Waals surface area contributed by atoms with E-state index in [4.69, 9.17) is 12.3 Å². The van der Waals surface area contributed by atoms with E-state index in [2.05, 4.69) is 10.6 Å². The highest BCUT2D eigenvalue weighted by Crippen LogP contribution is 1.72. The molecule has 0 radical (unpaired) electrons. The topological polar surface area (TPSA) is 73.5 Å². The van der Waals surface area contributed by atoms with Crippen molar-refractivity contribution in [3.63, 3.8) is 0 Å². The van der Waals surface area contributed by atoms with Gasteiger partial charge in [0.1, 0.15) is 0 Å². The van der Waals surface area contributed by atoms with Gasteiger partial charge in [-0.2, -0.15) is 0 Å². The van der Waals surface area contributed by atoms with Crippen molar-refractivity contribution in [3.05, 3.63) is 11.4 Å². The van der Waals surface area contributed by atoms with Crippen LogP contribution in [0.3, 0.4) is 0 Å². The van der Waals surface area contributed by atoms with Crippen molar-refractivity contribution in [1.29, 1.82) is 0 Å². The Balaban J connectivity index is 3.63.